The normalized spacial score (nSPS) is 46.6. The van der Waals surface area contributed by atoms with E-state index in [1.165, 1.54) is 25.7 Å². The summed E-state index contributed by atoms with van der Waals surface area (Å²) in [4.78, 5) is 0. The maximum Gasteiger partial charge on any atom is 0.0465 e. The summed E-state index contributed by atoms with van der Waals surface area (Å²) in [7, 11) is 0. The van der Waals surface area contributed by atoms with Gasteiger partial charge in [0, 0.05) is 13.2 Å². The molecule has 0 amide bonds. The molecule has 2 fully saturated rings. The van der Waals surface area contributed by atoms with Crippen LogP contribution in [0, 0.1) is 35.5 Å². The lowest BCUT2D eigenvalue weighted by Gasteiger charge is -2.13. The Balaban J connectivity index is 0.000000111. The summed E-state index contributed by atoms with van der Waals surface area (Å²) < 4.78 is 0. The first-order chi connectivity index (χ1) is 8.80. The molecule has 4 bridgehead atoms. The van der Waals surface area contributed by atoms with Crippen molar-refractivity contribution in [3.63, 3.8) is 0 Å². The Morgan fingerprint density at radius 3 is 1.28 bits per heavy atom. The van der Waals surface area contributed by atoms with Gasteiger partial charge in [-0.3, -0.25) is 0 Å². The van der Waals surface area contributed by atoms with Gasteiger partial charge in [0.25, 0.3) is 0 Å². The van der Waals surface area contributed by atoms with Crippen molar-refractivity contribution in [2.45, 2.75) is 25.7 Å². The van der Waals surface area contributed by atoms with Crippen LogP contribution in [0.3, 0.4) is 0 Å². The lowest BCUT2D eigenvalue weighted by atomic mass is 9.95. The summed E-state index contributed by atoms with van der Waals surface area (Å²) in [6.07, 6.45) is 14.2. The summed E-state index contributed by atoms with van der Waals surface area (Å²) in [5.41, 5.74) is 0. The average molecular weight is 248 g/mol. The second-order valence-electron chi connectivity index (χ2n) is 6.45. The van der Waals surface area contributed by atoms with Crippen molar-refractivity contribution >= 4 is 0 Å². The largest absolute Gasteiger partial charge is 0.396 e. The maximum absolute atomic E-state index is 8.85. The molecule has 2 heteroatoms. The van der Waals surface area contributed by atoms with Gasteiger partial charge in [-0.05, 0) is 61.2 Å². The van der Waals surface area contributed by atoms with Gasteiger partial charge >= 0.3 is 0 Å². The Morgan fingerprint density at radius 1 is 0.667 bits per heavy atom. The van der Waals surface area contributed by atoms with Crippen LogP contribution in [-0.4, -0.2) is 23.4 Å². The SMILES string of the molecule is OCC1CC2C=CC1C2.OCC1CC2C=CC1C2. The fourth-order valence-electron chi connectivity index (χ4n) is 4.21. The predicted molar refractivity (Wildman–Crippen MR) is 71.9 cm³/mol. The average Bonchev–Trinajstić information content (AvgIpc) is 3.17. The van der Waals surface area contributed by atoms with E-state index in [0.29, 0.717) is 25.0 Å². The zero-order valence-corrected chi connectivity index (χ0v) is 10.9. The molecule has 4 aliphatic rings. The third-order valence-corrected chi connectivity index (χ3v) is 5.30. The van der Waals surface area contributed by atoms with E-state index >= 15 is 0 Å². The molecule has 0 aromatic heterocycles. The van der Waals surface area contributed by atoms with Crippen molar-refractivity contribution in [2.75, 3.05) is 13.2 Å². The van der Waals surface area contributed by atoms with Crippen molar-refractivity contribution in [3.05, 3.63) is 24.3 Å². The Bertz CT molecular complexity index is 313. The fourth-order valence-corrected chi connectivity index (χ4v) is 4.21. The minimum absolute atomic E-state index is 0.394. The summed E-state index contributed by atoms with van der Waals surface area (Å²) >= 11 is 0. The van der Waals surface area contributed by atoms with Crippen LogP contribution in [0.1, 0.15) is 25.7 Å². The molecule has 6 unspecified atom stereocenters. The van der Waals surface area contributed by atoms with Gasteiger partial charge in [0.1, 0.15) is 0 Å². The minimum atomic E-state index is 0.394. The van der Waals surface area contributed by atoms with Crippen LogP contribution in [-0.2, 0) is 0 Å². The molecule has 2 nitrogen and oxygen atoms in total. The number of aliphatic hydroxyl groups excluding tert-OH is 2. The first-order valence-electron chi connectivity index (χ1n) is 7.38. The summed E-state index contributed by atoms with van der Waals surface area (Å²) in [5, 5.41) is 17.7. The Hall–Kier alpha value is -0.600. The zero-order valence-electron chi connectivity index (χ0n) is 10.9. The molecule has 0 spiro atoms. The van der Waals surface area contributed by atoms with Crippen molar-refractivity contribution in [1.82, 2.24) is 0 Å². The van der Waals surface area contributed by atoms with Gasteiger partial charge in [-0.2, -0.15) is 0 Å². The maximum atomic E-state index is 8.85. The number of hydrogen-bond donors (Lipinski definition) is 2. The quantitative estimate of drug-likeness (QED) is 0.737. The van der Waals surface area contributed by atoms with E-state index in [0.717, 1.165) is 23.7 Å². The van der Waals surface area contributed by atoms with Crippen molar-refractivity contribution < 1.29 is 10.2 Å². The molecule has 4 rings (SSSR count). The van der Waals surface area contributed by atoms with Gasteiger partial charge in [-0.25, -0.2) is 0 Å². The molecule has 4 aliphatic carbocycles. The molecule has 2 N–H and O–H groups in total. The molecule has 6 atom stereocenters. The second kappa shape index (κ2) is 5.18. The van der Waals surface area contributed by atoms with E-state index in [-0.39, 0.29) is 0 Å². The topological polar surface area (TPSA) is 40.5 Å². The molecule has 0 aliphatic heterocycles. The number of allylic oxidation sites excluding steroid dienone is 4. The van der Waals surface area contributed by atoms with Crippen LogP contribution in [0.15, 0.2) is 24.3 Å². The summed E-state index contributed by atoms with van der Waals surface area (Å²) in [6.45, 7) is 0.789. The lowest BCUT2D eigenvalue weighted by molar-refractivity contribution is 0.206. The van der Waals surface area contributed by atoms with Crippen LogP contribution >= 0.6 is 0 Å². The highest BCUT2D eigenvalue weighted by atomic mass is 16.3. The van der Waals surface area contributed by atoms with Gasteiger partial charge < -0.3 is 10.2 Å². The molecule has 0 heterocycles. The predicted octanol–water partition coefficient (Wildman–Crippen LogP) is 2.38. The molecule has 0 aromatic rings. The van der Waals surface area contributed by atoms with Crippen LogP contribution in [0.5, 0.6) is 0 Å². The number of aliphatic hydroxyl groups is 2. The molecule has 18 heavy (non-hydrogen) atoms. The van der Waals surface area contributed by atoms with Crippen molar-refractivity contribution in [1.29, 1.82) is 0 Å². The second-order valence-corrected chi connectivity index (χ2v) is 6.45. The van der Waals surface area contributed by atoms with Crippen LogP contribution in [0.4, 0.5) is 0 Å². The van der Waals surface area contributed by atoms with Gasteiger partial charge in [-0.15, -0.1) is 0 Å². The first kappa shape index (κ1) is 12.4. The third kappa shape index (κ3) is 2.28. The highest BCUT2D eigenvalue weighted by Crippen LogP contribution is 2.43. The van der Waals surface area contributed by atoms with E-state index < -0.39 is 0 Å². The van der Waals surface area contributed by atoms with E-state index in [1.54, 1.807) is 0 Å². The van der Waals surface area contributed by atoms with Gasteiger partial charge in [-0.1, -0.05) is 24.3 Å². The standard InChI is InChI=1S/2C8H12O/c2*9-5-8-4-6-1-2-7(8)3-6/h2*1-2,6-9H,3-5H2. The highest BCUT2D eigenvalue weighted by molar-refractivity contribution is 5.10. The van der Waals surface area contributed by atoms with E-state index in [9.17, 15) is 0 Å². The smallest absolute Gasteiger partial charge is 0.0465 e. The zero-order chi connectivity index (χ0) is 12.5. The minimum Gasteiger partial charge on any atom is -0.396 e. The van der Waals surface area contributed by atoms with Crippen molar-refractivity contribution in [2.24, 2.45) is 35.5 Å². The van der Waals surface area contributed by atoms with Gasteiger partial charge in [0.05, 0.1) is 0 Å². The molecular formula is C16H24O2. The van der Waals surface area contributed by atoms with Crippen LogP contribution in [0.2, 0.25) is 0 Å². The van der Waals surface area contributed by atoms with Gasteiger partial charge in [0.15, 0.2) is 0 Å². The number of fused-ring (bicyclic) bond motifs is 4. The van der Waals surface area contributed by atoms with Crippen LogP contribution in [0.25, 0.3) is 0 Å². The molecule has 0 aromatic carbocycles. The monoisotopic (exact) mass is 248 g/mol. The molecular weight excluding hydrogens is 224 g/mol. The highest BCUT2D eigenvalue weighted by Gasteiger charge is 2.35. The Kier molecular flexibility index (Phi) is 3.58. The fraction of sp³-hybridized carbons (Fsp3) is 0.750. The van der Waals surface area contributed by atoms with E-state index in [4.69, 9.17) is 10.2 Å². The third-order valence-electron chi connectivity index (χ3n) is 5.30. The lowest BCUT2D eigenvalue weighted by Crippen LogP contribution is -2.10. The first-order valence-corrected chi connectivity index (χ1v) is 7.38. The molecule has 100 valence electrons. The van der Waals surface area contributed by atoms with E-state index in [1.807, 2.05) is 0 Å². The van der Waals surface area contributed by atoms with Crippen molar-refractivity contribution in [3.8, 4) is 0 Å². The van der Waals surface area contributed by atoms with Gasteiger partial charge in [0.2, 0.25) is 0 Å². The molecule has 2 saturated carbocycles. The number of rotatable bonds is 2. The summed E-state index contributed by atoms with van der Waals surface area (Å²) in [5.74, 6) is 4.26. The summed E-state index contributed by atoms with van der Waals surface area (Å²) in [6, 6.07) is 0. The Labute approximate surface area is 109 Å². The van der Waals surface area contributed by atoms with E-state index in [2.05, 4.69) is 24.3 Å². The van der Waals surface area contributed by atoms with Crippen LogP contribution < -0.4 is 0 Å². The number of hydrogen-bond acceptors (Lipinski definition) is 2. The Morgan fingerprint density at radius 2 is 1.11 bits per heavy atom. The molecule has 0 radical (unpaired) electrons. The molecule has 0 saturated heterocycles.